The summed E-state index contributed by atoms with van der Waals surface area (Å²) in [7, 11) is 0. The summed E-state index contributed by atoms with van der Waals surface area (Å²) in [6.07, 6.45) is 1.94. The molecule has 146 valence electrons. The average Bonchev–Trinajstić information content (AvgIpc) is 2.62. The number of ether oxygens (including phenoxy) is 1. The molecule has 2 aliphatic heterocycles. The van der Waals surface area contributed by atoms with Gasteiger partial charge >= 0.3 is 5.97 Å². The molecule has 0 aromatic heterocycles. The van der Waals surface area contributed by atoms with Crippen molar-refractivity contribution in [3.05, 3.63) is 58.6 Å². The molecule has 0 aliphatic carbocycles. The molecule has 1 aromatic rings. The lowest BCUT2D eigenvalue weighted by atomic mass is 9.92. The highest BCUT2D eigenvalue weighted by Crippen LogP contribution is 2.34. The molecule has 1 N–H and O–H groups in total. The topological polar surface area (TPSA) is 53.0 Å². The zero-order valence-corrected chi connectivity index (χ0v) is 16.1. The van der Waals surface area contributed by atoms with Crippen LogP contribution < -0.4 is 0 Å². The van der Waals surface area contributed by atoms with Gasteiger partial charge in [-0.2, -0.15) is 0 Å². The Morgan fingerprint density at radius 1 is 1.33 bits per heavy atom. The van der Waals surface area contributed by atoms with Crippen molar-refractivity contribution >= 4 is 5.97 Å². The molecule has 1 atom stereocenters. The second-order valence-electron chi connectivity index (χ2n) is 7.39. The summed E-state index contributed by atoms with van der Waals surface area (Å²) >= 11 is 0. The maximum atomic E-state index is 13.7. The molecule has 3 rings (SSSR count). The maximum Gasteiger partial charge on any atom is 0.337 e. The smallest absolute Gasteiger partial charge is 0.337 e. The lowest BCUT2D eigenvalue weighted by Gasteiger charge is -2.46. The van der Waals surface area contributed by atoms with E-state index in [0.29, 0.717) is 25.3 Å². The third kappa shape index (κ3) is 4.22. The van der Waals surface area contributed by atoms with Gasteiger partial charge in [-0.15, -0.1) is 0 Å². The van der Waals surface area contributed by atoms with E-state index in [1.807, 2.05) is 32.9 Å². The Labute approximate surface area is 159 Å². The Morgan fingerprint density at radius 2 is 2.04 bits per heavy atom. The summed E-state index contributed by atoms with van der Waals surface area (Å²) in [5.74, 6) is -1.18. The molecule has 1 fully saturated rings. The van der Waals surface area contributed by atoms with Gasteiger partial charge in [-0.25, -0.2) is 9.18 Å². The molecule has 2 aliphatic rings. The lowest BCUT2D eigenvalue weighted by Crippen LogP contribution is -2.53. The number of morpholine rings is 1. The third-order valence-corrected chi connectivity index (χ3v) is 5.10. The minimum atomic E-state index is -0.919. The molecular weight excluding hydrogens is 347 g/mol. The van der Waals surface area contributed by atoms with E-state index >= 15 is 0 Å². The fourth-order valence-electron chi connectivity index (χ4n) is 3.94. The van der Waals surface area contributed by atoms with Gasteiger partial charge in [0.25, 0.3) is 0 Å². The van der Waals surface area contributed by atoms with Crippen LogP contribution in [0.25, 0.3) is 0 Å². The minimum absolute atomic E-state index is 0.0249. The van der Waals surface area contributed by atoms with Crippen LogP contribution in [-0.4, -0.2) is 53.3 Å². The fraction of sp³-hybridized carbons (Fsp3) is 0.476. The number of halogens is 1. The quantitative estimate of drug-likeness (QED) is 0.858. The second kappa shape index (κ2) is 8.23. The van der Waals surface area contributed by atoms with Crippen LogP contribution in [0.1, 0.15) is 26.3 Å². The molecule has 1 unspecified atom stereocenters. The molecule has 0 saturated carbocycles. The highest BCUT2D eigenvalue weighted by atomic mass is 19.1. The van der Waals surface area contributed by atoms with Crippen molar-refractivity contribution in [2.24, 2.45) is 5.92 Å². The first-order valence-electron chi connectivity index (χ1n) is 9.37. The number of hydrogen-bond acceptors (Lipinski definition) is 4. The molecule has 0 spiro atoms. The van der Waals surface area contributed by atoms with Gasteiger partial charge in [-0.05, 0) is 42.2 Å². The number of rotatable bonds is 5. The first-order valence-corrected chi connectivity index (χ1v) is 9.37. The minimum Gasteiger partial charge on any atom is -0.478 e. The Hall–Kier alpha value is -2.18. The Kier molecular flexibility index (Phi) is 5.97. The zero-order chi connectivity index (χ0) is 19.6. The summed E-state index contributed by atoms with van der Waals surface area (Å²) in [6.45, 7) is 9.20. The molecule has 5 nitrogen and oxygen atoms in total. The first-order chi connectivity index (χ1) is 12.9. The van der Waals surface area contributed by atoms with E-state index in [9.17, 15) is 14.3 Å². The molecule has 27 heavy (non-hydrogen) atoms. The Bertz CT molecular complexity index is 766. The number of carboxylic acid groups (broad SMARTS) is 1. The summed E-state index contributed by atoms with van der Waals surface area (Å²) in [5.41, 5.74) is 2.75. The molecule has 6 heteroatoms. The average molecular weight is 374 g/mol. The van der Waals surface area contributed by atoms with E-state index in [2.05, 4.69) is 9.80 Å². The summed E-state index contributed by atoms with van der Waals surface area (Å²) in [5, 5.41) is 9.83. The standard InChI is InChI=1S/C21H27FN2O3/c1-14(2)20-19(21(25)26)15(3)11-18(23-7-9-27-10-8-23)24(20)13-16-5-4-6-17(22)12-16/h4-6,11-12,14,18H,7-10,13H2,1-3H3,(H,25,26). The lowest BCUT2D eigenvalue weighted by molar-refractivity contribution is -0.132. The summed E-state index contributed by atoms with van der Waals surface area (Å²) in [4.78, 5) is 16.4. The van der Waals surface area contributed by atoms with Crippen molar-refractivity contribution in [2.45, 2.75) is 33.5 Å². The van der Waals surface area contributed by atoms with Crippen LogP contribution in [0, 0.1) is 11.7 Å². The van der Waals surface area contributed by atoms with Crippen LogP contribution in [0.2, 0.25) is 0 Å². The first kappa shape index (κ1) is 19.6. The number of allylic oxidation sites excluding steroid dienone is 1. The molecule has 1 saturated heterocycles. The maximum absolute atomic E-state index is 13.7. The van der Waals surface area contributed by atoms with Gasteiger partial charge in [0.05, 0.1) is 18.8 Å². The van der Waals surface area contributed by atoms with Crippen LogP contribution in [-0.2, 0) is 16.1 Å². The van der Waals surface area contributed by atoms with E-state index in [1.165, 1.54) is 12.1 Å². The predicted octanol–water partition coefficient (Wildman–Crippen LogP) is 3.24. The normalized spacial score (nSPS) is 21.6. The van der Waals surface area contributed by atoms with Crippen molar-refractivity contribution in [1.29, 1.82) is 0 Å². The molecule has 0 radical (unpaired) electrons. The van der Waals surface area contributed by atoms with Crippen molar-refractivity contribution in [3.63, 3.8) is 0 Å². The highest BCUT2D eigenvalue weighted by molar-refractivity contribution is 5.93. The largest absolute Gasteiger partial charge is 0.478 e. The van der Waals surface area contributed by atoms with Gasteiger partial charge in [0, 0.05) is 25.3 Å². The molecular formula is C21H27FN2O3. The molecule has 0 amide bonds. The van der Waals surface area contributed by atoms with Gasteiger partial charge in [-0.3, -0.25) is 4.90 Å². The van der Waals surface area contributed by atoms with E-state index < -0.39 is 5.97 Å². The van der Waals surface area contributed by atoms with Crippen LogP contribution in [0.5, 0.6) is 0 Å². The van der Waals surface area contributed by atoms with Crippen LogP contribution >= 0.6 is 0 Å². The highest BCUT2D eigenvalue weighted by Gasteiger charge is 2.35. The number of aliphatic carboxylic acids is 1. The molecule has 1 aromatic carbocycles. The predicted molar refractivity (Wildman–Crippen MR) is 101 cm³/mol. The van der Waals surface area contributed by atoms with E-state index in [4.69, 9.17) is 4.74 Å². The number of nitrogens with zero attached hydrogens (tertiary/aromatic N) is 2. The van der Waals surface area contributed by atoms with Crippen LogP contribution in [0.15, 0.2) is 47.2 Å². The summed E-state index contributed by atoms with van der Waals surface area (Å²) < 4.78 is 19.2. The number of carboxylic acids is 1. The monoisotopic (exact) mass is 374 g/mol. The van der Waals surface area contributed by atoms with Crippen LogP contribution in [0.4, 0.5) is 4.39 Å². The SMILES string of the molecule is CC1=CC(N2CCOCC2)N(Cc2cccc(F)c2)C(C(C)C)=C1C(=O)O. The van der Waals surface area contributed by atoms with Gasteiger partial charge in [0.1, 0.15) is 12.0 Å². The van der Waals surface area contributed by atoms with Gasteiger partial charge < -0.3 is 14.7 Å². The van der Waals surface area contributed by atoms with E-state index in [-0.39, 0.29) is 17.9 Å². The van der Waals surface area contributed by atoms with Crippen molar-refractivity contribution < 1.29 is 19.0 Å². The van der Waals surface area contributed by atoms with Gasteiger partial charge in [-0.1, -0.05) is 26.0 Å². The van der Waals surface area contributed by atoms with E-state index in [0.717, 1.165) is 29.9 Å². The number of benzene rings is 1. The number of carbonyl (C=O) groups is 1. The third-order valence-electron chi connectivity index (χ3n) is 5.10. The molecule has 0 bridgehead atoms. The second-order valence-corrected chi connectivity index (χ2v) is 7.39. The van der Waals surface area contributed by atoms with Gasteiger partial charge in [0.2, 0.25) is 0 Å². The van der Waals surface area contributed by atoms with E-state index in [1.54, 1.807) is 6.07 Å². The van der Waals surface area contributed by atoms with Crippen LogP contribution in [0.3, 0.4) is 0 Å². The number of hydrogen-bond donors (Lipinski definition) is 1. The zero-order valence-electron chi connectivity index (χ0n) is 16.1. The van der Waals surface area contributed by atoms with Crippen molar-refractivity contribution in [1.82, 2.24) is 9.80 Å². The fourth-order valence-corrected chi connectivity index (χ4v) is 3.94. The summed E-state index contributed by atoms with van der Waals surface area (Å²) in [6, 6.07) is 6.50. The molecule has 2 heterocycles. The van der Waals surface area contributed by atoms with Gasteiger partial charge in [0.15, 0.2) is 0 Å². The Balaban J connectivity index is 2.05. The van der Waals surface area contributed by atoms with Crippen molar-refractivity contribution in [3.8, 4) is 0 Å². The Morgan fingerprint density at radius 3 is 2.63 bits per heavy atom. The van der Waals surface area contributed by atoms with Crippen molar-refractivity contribution in [2.75, 3.05) is 26.3 Å².